The molecule has 4 aliphatic rings. The van der Waals surface area contributed by atoms with Crippen LogP contribution in [0, 0.1) is 23.0 Å². The van der Waals surface area contributed by atoms with Gasteiger partial charge in [0.15, 0.2) is 0 Å². The number of hydrogen-bond donors (Lipinski definition) is 0. The summed E-state index contributed by atoms with van der Waals surface area (Å²) >= 11 is 6.46. The molecule has 10 heteroatoms. The summed E-state index contributed by atoms with van der Waals surface area (Å²) in [4.78, 5) is 24.1. The van der Waals surface area contributed by atoms with Crippen LogP contribution in [-0.2, 0) is 11.2 Å². The van der Waals surface area contributed by atoms with Gasteiger partial charge in [-0.05, 0) is 80.4 Å². The summed E-state index contributed by atoms with van der Waals surface area (Å²) in [7, 11) is 0. The van der Waals surface area contributed by atoms with Crippen molar-refractivity contribution in [3.05, 3.63) is 77.3 Å². The molecule has 0 saturated carbocycles. The number of carbonyl (C=O) groups excluding carboxylic acids is 1. The normalized spacial score (nSPS) is 21.5. The van der Waals surface area contributed by atoms with Gasteiger partial charge in [-0.25, -0.2) is 13.8 Å². The van der Waals surface area contributed by atoms with Crippen molar-refractivity contribution in [3.8, 4) is 23.1 Å². The molecule has 4 aromatic rings. The van der Waals surface area contributed by atoms with Gasteiger partial charge in [0.25, 0.3) is 0 Å². The van der Waals surface area contributed by atoms with Gasteiger partial charge in [-0.15, -0.1) is 0 Å². The van der Waals surface area contributed by atoms with E-state index in [2.05, 4.69) is 22.4 Å². The van der Waals surface area contributed by atoms with E-state index in [1.54, 1.807) is 24.3 Å². The molecule has 5 heterocycles. The van der Waals surface area contributed by atoms with Crippen LogP contribution >= 0.6 is 11.6 Å². The number of likely N-dealkylation sites (tertiary alicyclic amines) is 1. The predicted molar refractivity (Wildman–Crippen MR) is 179 cm³/mol. The monoisotopic (exact) mass is 653 g/mol. The minimum atomic E-state index is -0.579. The third-order valence-corrected chi connectivity index (χ3v) is 11.3. The maximum absolute atomic E-state index is 16.4. The molecule has 1 amide bonds. The summed E-state index contributed by atoms with van der Waals surface area (Å²) in [6, 6.07) is 13.8. The summed E-state index contributed by atoms with van der Waals surface area (Å²) in [5, 5.41) is 11.6. The van der Waals surface area contributed by atoms with Crippen molar-refractivity contribution in [1.82, 2.24) is 14.8 Å². The molecular weight excluding hydrogens is 620 g/mol. The van der Waals surface area contributed by atoms with E-state index < -0.39 is 11.6 Å². The average Bonchev–Trinajstić information content (AvgIpc) is 3.75. The van der Waals surface area contributed by atoms with Crippen LogP contribution in [0.4, 0.5) is 14.5 Å². The molecular formula is C37H34ClF2N5O2. The molecule has 0 N–H and O–H groups in total. The molecule has 0 radical (unpaired) electrons. The van der Waals surface area contributed by atoms with Crippen molar-refractivity contribution in [2.75, 3.05) is 37.7 Å². The minimum Gasteiger partial charge on any atom is -0.475 e. The highest BCUT2D eigenvalue weighted by atomic mass is 35.5. The molecule has 1 aromatic heterocycles. The van der Waals surface area contributed by atoms with Gasteiger partial charge in [0.1, 0.15) is 18.2 Å². The maximum Gasteiger partial charge on any atom is 0.246 e. The Bertz CT molecular complexity index is 2000. The Morgan fingerprint density at radius 1 is 1.11 bits per heavy atom. The van der Waals surface area contributed by atoms with Crippen LogP contribution in [0.3, 0.4) is 0 Å². The number of amides is 1. The number of nitrogens with zero attached hydrogens (tertiary/aromatic N) is 5. The lowest BCUT2D eigenvalue weighted by molar-refractivity contribution is -0.127. The first-order valence-electron chi connectivity index (χ1n) is 16.3. The van der Waals surface area contributed by atoms with E-state index in [9.17, 15) is 14.4 Å². The van der Waals surface area contributed by atoms with E-state index >= 15 is 4.39 Å². The average molecular weight is 654 g/mol. The first-order valence-corrected chi connectivity index (χ1v) is 16.7. The van der Waals surface area contributed by atoms with Crippen LogP contribution in [0.25, 0.3) is 32.8 Å². The number of anilines is 1. The topological polar surface area (TPSA) is 72.7 Å². The van der Waals surface area contributed by atoms with Crippen LogP contribution in [0.15, 0.2) is 55.1 Å². The number of rotatable bonds is 7. The molecule has 0 spiro atoms. The number of carbonyl (C=O) groups is 1. The Balaban J connectivity index is 1.29. The first kappa shape index (κ1) is 30.1. The van der Waals surface area contributed by atoms with Crippen molar-refractivity contribution in [3.63, 3.8) is 0 Å². The molecule has 4 fully saturated rings. The highest BCUT2D eigenvalue weighted by Crippen LogP contribution is 2.47. The Hall–Kier alpha value is -4.26. The summed E-state index contributed by atoms with van der Waals surface area (Å²) in [6.07, 6.45) is 6.48. The van der Waals surface area contributed by atoms with Gasteiger partial charge >= 0.3 is 0 Å². The van der Waals surface area contributed by atoms with Crippen molar-refractivity contribution in [1.29, 1.82) is 5.26 Å². The van der Waals surface area contributed by atoms with Crippen LogP contribution in [-0.4, -0.2) is 71.1 Å². The molecule has 47 heavy (non-hydrogen) atoms. The number of nitriles is 1. The molecule has 4 saturated heterocycles. The number of hydrogen-bond acceptors (Lipinski definition) is 6. The SMILES string of the molecule is C=CC(=O)N1CC[C@@H]2[C@H]1CN2c1c(CC#N)c(OCC23CCCN2CCC3)nc2cc(-c3cccc4ccc(F)c(Cl)c34)c(F)cc12. The highest BCUT2D eigenvalue weighted by Gasteiger charge is 2.50. The summed E-state index contributed by atoms with van der Waals surface area (Å²) in [5.74, 6) is -0.813. The fourth-order valence-corrected chi connectivity index (χ4v) is 8.92. The van der Waals surface area contributed by atoms with Gasteiger partial charge in [0, 0.05) is 29.4 Å². The van der Waals surface area contributed by atoms with Crippen LogP contribution in [0.5, 0.6) is 5.88 Å². The lowest BCUT2D eigenvalue weighted by atomic mass is 9.91. The molecule has 8 rings (SSSR count). The summed E-state index contributed by atoms with van der Waals surface area (Å²) < 4.78 is 37.7. The number of aromatic nitrogens is 1. The Labute approximate surface area is 277 Å². The summed E-state index contributed by atoms with van der Waals surface area (Å²) in [6.45, 7) is 7.38. The number of benzene rings is 3. The fourth-order valence-electron chi connectivity index (χ4n) is 8.64. The van der Waals surface area contributed by atoms with E-state index in [1.807, 2.05) is 11.0 Å². The maximum atomic E-state index is 16.4. The molecule has 240 valence electrons. The van der Waals surface area contributed by atoms with Gasteiger partial charge in [-0.3, -0.25) is 9.69 Å². The highest BCUT2D eigenvalue weighted by molar-refractivity contribution is 6.37. The smallest absolute Gasteiger partial charge is 0.246 e. The van der Waals surface area contributed by atoms with Crippen molar-refractivity contribution in [2.45, 2.75) is 56.1 Å². The molecule has 3 aromatic carbocycles. The van der Waals surface area contributed by atoms with Crippen LogP contribution in [0.2, 0.25) is 5.02 Å². The van der Waals surface area contributed by atoms with Crippen molar-refractivity contribution in [2.24, 2.45) is 0 Å². The fraction of sp³-hybridized carbons (Fsp3) is 0.378. The van der Waals surface area contributed by atoms with Gasteiger partial charge in [0.2, 0.25) is 11.8 Å². The lowest BCUT2D eigenvalue weighted by Crippen LogP contribution is -2.63. The second-order valence-electron chi connectivity index (χ2n) is 13.2. The molecule has 2 atom stereocenters. The minimum absolute atomic E-state index is 0.00397. The zero-order valence-electron chi connectivity index (χ0n) is 25.9. The molecule has 7 nitrogen and oxygen atoms in total. The van der Waals surface area contributed by atoms with Gasteiger partial charge < -0.3 is 14.5 Å². The van der Waals surface area contributed by atoms with Crippen molar-refractivity contribution >= 4 is 44.9 Å². The Morgan fingerprint density at radius 2 is 1.91 bits per heavy atom. The van der Waals surface area contributed by atoms with Crippen molar-refractivity contribution < 1.29 is 18.3 Å². The van der Waals surface area contributed by atoms with E-state index in [-0.39, 0.29) is 40.5 Å². The predicted octanol–water partition coefficient (Wildman–Crippen LogP) is 7.04. The number of fused-ring (bicyclic) bond motifs is 4. The van der Waals surface area contributed by atoms with Crippen LogP contribution in [0.1, 0.15) is 37.7 Å². The van der Waals surface area contributed by atoms with Gasteiger partial charge in [-0.1, -0.05) is 42.4 Å². The second-order valence-corrected chi connectivity index (χ2v) is 13.6. The quantitative estimate of drug-likeness (QED) is 0.199. The molecule has 0 unspecified atom stereocenters. The third-order valence-electron chi connectivity index (χ3n) is 10.9. The number of pyridine rings is 1. The second kappa shape index (κ2) is 11.5. The number of ether oxygens (including phenoxy) is 1. The summed E-state index contributed by atoms with van der Waals surface area (Å²) in [5.41, 5.74) is 2.52. The molecule has 0 bridgehead atoms. The number of halogens is 3. The van der Waals surface area contributed by atoms with Gasteiger partial charge in [0.05, 0.1) is 51.9 Å². The van der Waals surface area contributed by atoms with E-state index in [0.29, 0.717) is 58.4 Å². The zero-order chi connectivity index (χ0) is 32.4. The Morgan fingerprint density at radius 3 is 2.68 bits per heavy atom. The van der Waals surface area contributed by atoms with E-state index in [1.165, 1.54) is 18.2 Å². The largest absolute Gasteiger partial charge is 0.475 e. The Kier molecular flexibility index (Phi) is 7.34. The molecule has 4 aliphatic heterocycles. The standard InChI is InChI=1S/C37H34ClF2N5O2/c1-2-32(46)44-17-11-30-31(44)20-45(30)35-24(10-14-41)36(47-21-37-12-4-15-43(37)16-5-13-37)42-29-19-25(28(40)18-26(29)35)23-7-3-6-22-8-9-27(39)34(38)33(22)23/h2-3,6-9,18-19,30-31H,1,4-5,10-13,15-17,20-21H2/t30-,31-/m1/s1. The van der Waals surface area contributed by atoms with Gasteiger partial charge in [-0.2, -0.15) is 5.26 Å². The third kappa shape index (κ3) is 4.68. The molecule has 0 aliphatic carbocycles. The van der Waals surface area contributed by atoms with E-state index in [4.69, 9.17) is 21.3 Å². The van der Waals surface area contributed by atoms with Crippen LogP contribution < -0.4 is 9.64 Å². The lowest BCUT2D eigenvalue weighted by Gasteiger charge is -2.49. The van der Waals surface area contributed by atoms with E-state index in [0.717, 1.165) is 50.9 Å². The zero-order valence-corrected chi connectivity index (χ0v) is 26.7. The first-order chi connectivity index (χ1) is 22.8.